The van der Waals surface area contributed by atoms with Crippen molar-refractivity contribution in [2.75, 3.05) is 0 Å². The van der Waals surface area contributed by atoms with Gasteiger partial charge in [0.25, 0.3) is 0 Å². The van der Waals surface area contributed by atoms with Gasteiger partial charge in [-0.05, 0) is 18.1 Å². The highest BCUT2D eigenvalue weighted by Gasteiger charge is 2.37. The molecule has 0 fully saturated rings. The lowest BCUT2D eigenvalue weighted by Gasteiger charge is -2.35. The third-order valence-electron chi connectivity index (χ3n) is 2.87. The van der Waals surface area contributed by atoms with E-state index in [2.05, 4.69) is 38.8 Å². The van der Waals surface area contributed by atoms with Crippen LogP contribution in [0.2, 0.25) is 18.1 Å². The maximum absolute atomic E-state index is 5.95. The van der Waals surface area contributed by atoms with Crippen LogP contribution in [0.4, 0.5) is 0 Å². The first-order valence-electron chi connectivity index (χ1n) is 4.84. The lowest BCUT2D eigenvalue weighted by molar-refractivity contribution is 0.272. The normalized spacial score (nSPS) is 13.2. The lowest BCUT2D eigenvalue weighted by Crippen LogP contribution is -2.40. The van der Waals surface area contributed by atoms with Gasteiger partial charge in [0.1, 0.15) is 12.0 Å². The zero-order valence-electron chi connectivity index (χ0n) is 9.63. The highest BCUT2D eigenvalue weighted by molar-refractivity contribution is 6.74. The molecule has 1 heterocycles. The molecule has 3 nitrogen and oxygen atoms in total. The molecule has 0 spiro atoms. The van der Waals surface area contributed by atoms with Gasteiger partial charge in [-0.2, -0.15) is 0 Å². The van der Waals surface area contributed by atoms with Crippen LogP contribution < -0.4 is 0 Å². The maximum Gasteiger partial charge on any atom is 0.192 e. The van der Waals surface area contributed by atoms with Gasteiger partial charge < -0.3 is 8.84 Å². The van der Waals surface area contributed by atoms with Crippen molar-refractivity contribution in [3.63, 3.8) is 0 Å². The molecule has 0 aromatic carbocycles. The highest BCUT2D eigenvalue weighted by Crippen LogP contribution is 2.36. The van der Waals surface area contributed by atoms with Crippen LogP contribution >= 0.6 is 0 Å². The Morgan fingerprint density at radius 2 is 2.07 bits per heavy atom. The molecular weight excluding hydrogens is 194 g/mol. The van der Waals surface area contributed by atoms with E-state index in [4.69, 9.17) is 8.84 Å². The quantitative estimate of drug-likeness (QED) is 0.723. The van der Waals surface area contributed by atoms with E-state index in [-0.39, 0.29) is 5.04 Å². The summed E-state index contributed by atoms with van der Waals surface area (Å²) < 4.78 is 10.8. The molecule has 0 atom stereocenters. The summed E-state index contributed by atoms with van der Waals surface area (Å²) in [6.45, 7) is 11.7. The van der Waals surface area contributed by atoms with E-state index >= 15 is 0 Å². The van der Waals surface area contributed by atoms with Crippen molar-refractivity contribution < 1.29 is 8.84 Å². The van der Waals surface area contributed by atoms with Crippen molar-refractivity contribution in [2.45, 2.75) is 45.5 Å². The minimum Gasteiger partial charge on any atom is -0.451 e. The molecule has 0 amide bonds. The number of rotatable bonds is 3. The molecule has 0 aliphatic rings. The van der Waals surface area contributed by atoms with Crippen LogP contribution in [-0.2, 0) is 11.0 Å². The summed E-state index contributed by atoms with van der Waals surface area (Å²) in [4.78, 5) is 4.03. The van der Waals surface area contributed by atoms with Crippen molar-refractivity contribution >= 4 is 8.32 Å². The number of hydrogen-bond donors (Lipinski definition) is 0. The summed E-state index contributed by atoms with van der Waals surface area (Å²) in [5.74, 6) is 0. The molecule has 0 radical (unpaired) electrons. The molecule has 0 aliphatic heterocycles. The predicted octanol–water partition coefficient (Wildman–Crippen LogP) is 3.20. The summed E-state index contributed by atoms with van der Waals surface area (Å²) in [6.07, 6.45) is 3.07. The topological polar surface area (TPSA) is 35.3 Å². The summed E-state index contributed by atoms with van der Waals surface area (Å²) in [5, 5.41) is 0.247. The van der Waals surface area contributed by atoms with Gasteiger partial charge in [-0.25, -0.2) is 4.98 Å². The molecule has 0 saturated heterocycles. The Morgan fingerprint density at radius 3 is 2.50 bits per heavy atom. The van der Waals surface area contributed by atoms with Gasteiger partial charge in [0.05, 0.1) is 6.61 Å². The standard InChI is InChI=1S/C10H19NO2Si/c1-10(2,3)14(4,5)13-7-9-6-12-8-11-9/h6,8H,7H2,1-5H3. The molecule has 0 saturated carbocycles. The second-order valence-corrected chi connectivity index (χ2v) is 9.84. The van der Waals surface area contributed by atoms with Crippen LogP contribution in [-0.4, -0.2) is 13.3 Å². The molecule has 80 valence electrons. The SMILES string of the molecule is CC(C)(C)[Si](C)(C)OCc1cocn1. The zero-order chi connectivity index (χ0) is 10.8. The van der Waals surface area contributed by atoms with E-state index in [0.717, 1.165) is 5.69 Å². The van der Waals surface area contributed by atoms with Crippen molar-refractivity contribution in [3.8, 4) is 0 Å². The Labute approximate surface area is 86.6 Å². The Balaban J connectivity index is 2.53. The van der Waals surface area contributed by atoms with E-state index in [1.54, 1.807) is 6.26 Å². The zero-order valence-corrected chi connectivity index (χ0v) is 10.6. The largest absolute Gasteiger partial charge is 0.451 e. The van der Waals surface area contributed by atoms with E-state index in [0.29, 0.717) is 6.61 Å². The smallest absolute Gasteiger partial charge is 0.192 e. The van der Waals surface area contributed by atoms with Gasteiger partial charge in [0.2, 0.25) is 0 Å². The first-order chi connectivity index (χ1) is 6.33. The fourth-order valence-electron chi connectivity index (χ4n) is 0.780. The summed E-state index contributed by atoms with van der Waals surface area (Å²) in [7, 11) is -1.64. The third-order valence-corrected chi connectivity index (χ3v) is 7.35. The van der Waals surface area contributed by atoms with Gasteiger partial charge >= 0.3 is 0 Å². The third kappa shape index (κ3) is 2.69. The summed E-state index contributed by atoms with van der Waals surface area (Å²) >= 11 is 0. The Morgan fingerprint density at radius 1 is 1.43 bits per heavy atom. The highest BCUT2D eigenvalue weighted by atomic mass is 28.4. The fraction of sp³-hybridized carbons (Fsp3) is 0.700. The molecule has 0 unspecified atom stereocenters. The molecule has 0 aliphatic carbocycles. The van der Waals surface area contributed by atoms with Crippen LogP contribution in [0.15, 0.2) is 17.1 Å². The van der Waals surface area contributed by atoms with Crippen molar-refractivity contribution in [3.05, 3.63) is 18.4 Å². The van der Waals surface area contributed by atoms with Crippen molar-refractivity contribution in [2.24, 2.45) is 0 Å². The molecule has 1 aromatic heterocycles. The minimum absolute atomic E-state index is 0.247. The number of oxazole rings is 1. The van der Waals surface area contributed by atoms with Crippen LogP contribution in [0, 0.1) is 0 Å². The fourth-order valence-corrected chi connectivity index (χ4v) is 1.72. The van der Waals surface area contributed by atoms with Crippen LogP contribution in [0.5, 0.6) is 0 Å². The van der Waals surface area contributed by atoms with E-state index in [9.17, 15) is 0 Å². The first-order valence-corrected chi connectivity index (χ1v) is 7.75. The monoisotopic (exact) mass is 213 g/mol. The summed E-state index contributed by atoms with van der Waals surface area (Å²) in [6, 6.07) is 0. The van der Waals surface area contributed by atoms with Crippen LogP contribution in [0.1, 0.15) is 26.5 Å². The summed E-state index contributed by atoms with van der Waals surface area (Å²) in [5.41, 5.74) is 0.870. The average Bonchev–Trinajstić information content (AvgIpc) is 2.50. The maximum atomic E-state index is 5.95. The lowest BCUT2D eigenvalue weighted by atomic mass is 10.2. The first kappa shape index (κ1) is 11.5. The molecule has 14 heavy (non-hydrogen) atoms. The van der Waals surface area contributed by atoms with Gasteiger partial charge in [-0.1, -0.05) is 20.8 Å². The average molecular weight is 213 g/mol. The Bertz CT molecular complexity index is 275. The van der Waals surface area contributed by atoms with Crippen LogP contribution in [0.25, 0.3) is 0 Å². The van der Waals surface area contributed by atoms with E-state index < -0.39 is 8.32 Å². The second kappa shape index (κ2) is 3.86. The Hall–Kier alpha value is -0.613. The van der Waals surface area contributed by atoms with Crippen molar-refractivity contribution in [1.82, 2.24) is 4.98 Å². The van der Waals surface area contributed by atoms with Crippen molar-refractivity contribution in [1.29, 1.82) is 0 Å². The molecule has 1 aromatic rings. The minimum atomic E-state index is -1.64. The van der Waals surface area contributed by atoms with Gasteiger partial charge in [-0.15, -0.1) is 0 Å². The van der Waals surface area contributed by atoms with Gasteiger partial charge in [-0.3, -0.25) is 0 Å². The second-order valence-electron chi connectivity index (χ2n) is 5.03. The van der Waals surface area contributed by atoms with E-state index in [1.807, 2.05) is 0 Å². The Kier molecular flexibility index (Phi) is 3.16. The van der Waals surface area contributed by atoms with Gasteiger partial charge in [0, 0.05) is 0 Å². The number of aromatic nitrogens is 1. The van der Waals surface area contributed by atoms with Gasteiger partial charge in [0.15, 0.2) is 14.7 Å². The molecule has 4 heteroatoms. The van der Waals surface area contributed by atoms with E-state index in [1.165, 1.54) is 6.39 Å². The molecule has 0 bridgehead atoms. The molecular formula is C10H19NO2Si. The van der Waals surface area contributed by atoms with Crippen LogP contribution in [0.3, 0.4) is 0 Å². The predicted molar refractivity (Wildman–Crippen MR) is 58.5 cm³/mol. The number of hydrogen-bond acceptors (Lipinski definition) is 3. The number of nitrogens with zero attached hydrogens (tertiary/aromatic N) is 1. The molecule has 0 N–H and O–H groups in total. The molecule has 1 rings (SSSR count).